The number of furan rings is 1. The second-order valence-corrected chi connectivity index (χ2v) is 4.45. The molecule has 0 aliphatic rings. The molecule has 0 radical (unpaired) electrons. The van der Waals surface area contributed by atoms with Gasteiger partial charge in [0, 0.05) is 18.3 Å². The van der Waals surface area contributed by atoms with E-state index >= 15 is 0 Å². The fraction of sp³-hybridized carbons (Fsp3) is 0.333. The van der Waals surface area contributed by atoms with Gasteiger partial charge in [0.15, 0.2) is 0 Å². The van der Waals surface area contributed by atoms with Crippen molar-refractivity contribution in [1.82, 2.24) is 4.90 Å². The van der Waals surface area contributed by atoms with E-state index in [0.717, 1.165) is 42.4 Å². The Bertz CT molecular complexity index is 509. The average molecular weight is 260 g/mol. The van der Waals surface area contributed by atoms with Crippen LogP contribution >= 0.6 is 0 Å². The van der Waals surface area contributed by atoms with E-state index in [-0.39, 0.29) is 0 Å². The number of hydrogen-bond donors (Lipinski definition) is 1. The van der Waals surface area contributed by atoms with E-state index in [2.05, 4.69) is 11.8 Å². The first-order chi connectivity index (χ1) is 9.22. The molecule has 0 amide bonds. The Hall–Kier alpha value is -1.94. The topological polar surface area (TPSA) is 51.6 Å². The van der Waals surface area contributed by atoms with Gasteiger partial charge in [-0.2, -0.15) is 0 Å². The van der Waals surface area contributed by atoms with E-state index in [1.54, 1.807) is 13.4 Å². The molecule has 0 aliphatic heterocycles. The number of nitrogens with zero attached hydrogens (tertiary/aromatic N) is 1. The molecule has 0 spiro atoms. The maximum atomic E-state index is 6.04. The summed E-state index contributed by atoms with van der Waals surface area (Å²) in [4.78, 5) is 2.27. The quantitative estimate of drug-likeness (QED) is 0.811. The lowest BCUT2D eigenvalue weighted by Crippen LogP contribution is -2.22. The monoisotopic (exact) mass is 260 g/mol. The van der Waals surface area contributed by atoms with Gasteiger partial charge in [-0.3, -0.25) is 4.90 Å². The summed E-state index contributed by atoms with van der Waals surface area (Å²) in [5, 5.41) is 0. The SMILES string of the molecule is CCN(Cc1ccco1)Cc1ccc(OC)cc1N. The Kier molecular flexibility index (Phi) is 4.47. The highest BCUT2D eigenvalue weighted by Gasteiger charge is 2.09. The van der Waals surface area contributed by atoms with Crippen LogP contribution in [0.5, 0.6) is 5.75 Å². The first-order valence-electron chi connectivity index (χ1n) is 6.40. The van der Waals surface area contributed by atoms with Crippen LogP contribution in [0.15, 0.2) is 41.0 Å². The normalized spacial score (nSPS) is 10.9. The van der Waals surface area contributed by atoms with Crippen molar-refractivity contribution in [3.63, 3.8) is 0 Å². The van der Waals surface area contributed by atoms with E-state index in [9.17, 15) is 0 Å². The summed E-state index contributed by atoms with van der Waals surface area (Å²) in [7, 11) is 1.64. The van der Waals surface area contributed by atoms with Crippen molar-refractivity contribution in [2.24, 2.45) is 0 Å². The van der Waals surface area contributed by atoms with Gasteiger partial charge < -0.3 is 14.9 Å². The molecule has 2 rings (SSSR count). The lowest BCUT2D eigenvalue weighted by Gasteiger charge is -2.20. The number of nitrogen functional groups attached to an aromatic ring is 1. The molecule has 4 heteroatoms. The molecule has 2 aromatic rings. The highest BCUT2D eigenvalue weighted by molar-refractivity contribution is 5.51. The van der Waals surface area contributed by atoms with Gasteiger partial charge in [0.1, 0.15) is 11.5 Å². The molecule has 4 nitrogen and oxygen atoms in total. The molecule has 0 atom stereocenters. The molecule has 1 aromatic heterocycles. The zero-order valence-corrected chi connectivity index (χ0v) is 11.4. The Morgan fingerprint density at radius 1 is 1.26 bits per heavy atom. The lowest BCUT2D eigenvalue weighted by molar-refractivity contribution is 0.248. The summed E-state index contributed by atoms with van der Waals surface area (Å²) in [6.07, 6.45) is 1.70. The molecule has 0 aliphatic carbocycles. The van der Waals surface area contributed by atoms with E-state index in [0.29, 0.717) is 0 Å². The molecule has 0 saturated heterocycles. The molecule has 0 unspecified atom stereocenters. The largest absolute Gasteiger partial charge is 0.497 e. The summed E-state index contributed by atoms with van der Waals surface area (Å²) in [6.45, 7) is 4.65. The van der Waals surface area contributed by atoms with Crippen LogP contribution in [0.25, 0.3) is 0 Å². The molecule has 1 heterocycles. The summed E-state index contributed by atoms with van der Waals surface area (Å²) in [6, 6.07) is 9.70. The van der Waals surface area contributed by atoms with Crippen LogP contribution in [0.3, 0.4) is 0 Å². The Morgan fingerprint density at radius 2 is 2.11 bits per heavy atom. The number of anilines is 1. The number of ether oxygens (including phenoxy) is 1. The van der Waals surface area contributed by atoms with Crippen molar-refractivity contribution in [2.45, 2.75) is 20.0 Å². The van der Waals surface area contributed by atoms with Crippen molar-refractivity contribution in [1.29, 1.82) is 0 Å². The minimum atomic E-state index is 0.761. The molecule has 102 valence electrons. The molecule has 0 fully saturated rings. The minimum Gasteiger partial charge on any atom is -0.497 e. The maximum Gasteiger partial charge on any atom is 0.120 e. The number of methoxy groups -OCH3 is 1. The molecule has 1 aromatic carbocycles. The van der Waals surface area contributed by atoms with Crippen molar-refractivity contribution in [3.8, 4) is 5.75 Å². The van der Waals surface area contributed by atoms with E-state index in [1.807, 2.05) is 30.3 Å². The van der Waals surface area contributed by atoms with Gasteiger partial charge in [0.2, 0.25) is 0 Å². The zero-order valence-electron chi connectivity index (χ0n) is 11.4. The van der Waals surface area contributed by atoms with Gasteiger partial charge in [-0.05, 0) is 30.3 Å². The van der Waals surface area contributed by atoms with Crippen molar-refractivity contribution >= 4 is 5.69 Å². The smallest absolute Gasteiger partial charge is 0.120 e. The van der Waals surface area contributed by atoms with Crippen molar-refractivity contribution < 1.29 is 9.15 Å². The fourth-order valence-electron chi connectivity index (χ4n) is 1.99. The van der Waals surface area contributed by atoms with Gasteiger partial charge in [0.05, 0.1) is 19.9 Å². The lowest BCUT2D eigenvalue weighted by atomic mass is 10.1. The Labute approximate surface area is 113 Å². The van der Waals surface area contributed by atoms with Crippen molar-refractivity contribution in [3.05, 3.63) is 47.9 Å². The van der Waals surface area contributed by atoms with Gasteiger partial charge >= 0.3 is 0 Å². The highest BCUT2D eigenvalue weighted by atomic mass is 16.5. The predicted octanol–water partition coefficient (Wildman–Crippen LogP) is 2.89. The van der Waals surface area contributed by atoms with E-state index in [4.69, 9.17) is 14.9 Å². The summed E-state index contributed by atoms with van der Waals surface area (Å²) in [5.74, 6) is 1.75. The van der Waals surface area contributed by atoms with Crippen molar-refractivity contribution in [2.75, 3.05) is 19.4 Å². The Morgan fingerprint density at radius 3 is 2.68 bits per heavy atom. The predicted molar refractivity (Wildman–Crippen MR) is 75.9 cm³/mol. The number of rotatable bonds is 6. The first kappa shape index (κ1) is 13.5. The highest BCUT2D eigenvalue weighted by Crippen LogP contribution is 2.21. The molecule has 0 bridgehead atoms. The van der Waals surface area contributed by atoms with Crippen LogP contribution < -0.4 is 10.5 Å². The summed E-state index contributed by atoms with van der Waals surface area (Å²) < 4.78 is 10.5. The maximum absolute atomic E-state index is 6.04. The molecule has 2 N–H and O–H groups in total. The van der Waals surface area contributed by atoms with Crippen LogP contribution in [-0.4, -0.2) is 18.6 Å². The number of hydrogen-bond acceptors (Lipinski definition) is 4. The number of nitrogens with two attached hydrogens (primary N) is 1. The average Bonchev–Trinajstić information content (AvgIpc) is 2.92. The standard InChI is InChI=1S/C15H20N2O2/c1-3-17(11-14-5-4-8-19-14)10-12-6-7-13(18-2)9-15(12)16/h4-9H,3,10-11,16H2,1-2H3. The molecule has 0 saturated carbocycles. The third kappa shape index (κ3) is 3.51. The van der Waals surface area contributed by atoms with Gasteiger partial charge in [-0.15, -0.1) is 0 Å². The zero-order chi connectivity index (χ0) is 13.7. The molecular weight excluding hydrogens is 240 g/mol. The van der Waals surface area contributed by atoms with E-state index in [1.165, 1.54) is 0 Å². The molecule has 19 heavy (non-hydrogen) atoms. The third-order valence-electron chi connectivity index (χ3n) is 3.15. The van der Waals surface area contributed by atoms with Gasteiger partial charge in [-0.25, -0.2) is 0 Å². The Balaban J connectivity index is 2.05. The summed E-state index contributed by atoms with van der Waals surface area (Å²) >= 11 is 0. The second-order valence-electron chi connectivity index (χ2n) is 4.45. The summed E-state index contributed by atoms with van der Waals surface area (Å²) in [5.41, 5.74) is 7.91. The van der Waals surface area contributed by atoms with Crippen LogP contribution in [-0.2, 0) is 13.1 Å². The van der Waals surface area contributed by atoms with Crippen LogP contribution in [0.2, 0.25) is 0 Å². The van der Waals surface area contributed by atoms with Gasteiger partial charge in [-0.1, -0.05) is 13.0 Å². The van der Waals surface area contributed by atoms with Crippen LogP contribution in [0, 0.1) is 0 Å². The fourth-order valence-corrected chi connectivity index (χ4v) is 1.99. The number of benzene rings is 1. The van der Waals surface area contributed by atoms with E-state index < -0.39 is 0 Å². The first-order valence-corrected chi connectivity index (χ1v) is 6.40. The van der Waals surface area contributed by atoms with Gasteiger partial charge in [0.25, 0.3) is 0 Å². The second kappa shape index (κ2) is 6.29. The molecular formula is C15H20N2O2. The van der Waals surface area contributed by atoms with Crippen LogP contribution in [0.4, 0.5) is 5.69 Å². The minimum absolute atomic E-state index is 0.761. The van der Waals surface area contributed by atoms with Crippen LogP contribution in [0.1, 0.15) is 18.2 Å². The third-order valence-corrected chi connectivity index (χ3v) is 3.15.